The maximum atomic E-state index is 12.0. The van der Waals surface area contributed by atoms with Gasteiger partial charge in [-0.05, 0) is 36.8 Å². The highest BCUT2D eigenvalue weighted by Crippen LogP contribution is 2.25. The van der Waals surface area contributed by atoms with Gasteiger partial charge in [0.1, 0.15) is 5.82 Å². The second kappa shape index (κ2) is 6.98. The standard InChI is InChI=1S/C16H14Cl2N4O/c17-11-7-8-13(12(18)10-11)19-16(23)6-3-5-15-21-20-14-4-1-2-9-22(14)15/h1-2,4,7-10H,3,5-6H2,(H,19,23). The van der Waals surface area contributed by atoms with Crippen LogP contribution in [-0.4, -0.2) is 20.5 Å². The van der Waals surface area contributed by atoms with E-state index in [1.165, 1.54) is 0 Å². The molecule has 0 fully saturated rings. The minimum atomic E-state index is -0.0944. The number of benzene rings is 1. The van der Waals surface area contributed by atoms with E-state index in [0.717, 1.165) is 11.5 Å². The van der Waals surface area contributed by atoms with Crippen LogP contribution in [0.4, 0.5) is 5.69 Å². The molecule has 2 heterocycles. The molecule has 0 bridgehead atoms. The number of pyridine rings is 1. The van der Waals surface area contributed by atoms with E-state index in [4.69, 9.17) is 23.2 Å². The van der Waals surface area contributed by atoms with Gasteiger partial charge >= 0.3 is 0 Å². The van der Waals surface area contributed by atoms with Gasteiger partial charge in [-0.3, -0.25) is 9.20 Å². The molecule has 118 valence electrons. The fourth-order valence-electron chi connectivity index (χ4n) is 2.27. The third-order valence-electron chi connectivity index (χ3n) is 3.39. The smallest absolute Gasteiger partial charge is 0.224 e. The van der Waals surface area contributed by atoms with Crippen LogP contribution in [0.1, 0.15) is 18.7 Å². The average Bonchev–Trinajstić information content (AvgIpc) is 2.94. The number of hydrogen-bond acceptors (Lipinski definition) is 3. The van der Waals surface area contributed by atoms with Gasteiger partial charge in [0.15, 0.2) is 5.65 Å². The number of anilines is 1. The molecular weight excluding hydrogens is 335 g/mol. The highest BCUT2D eigenvalue weighted by Gasteiger charge is 2.08. The van der Waals surface area contributed by atoms with E-state index in [1.54, 1.807) is 18.2 Å². The molecule has 0 aliphatic carbocycles. The van der Waals surface area contributed by atoms with E-state index in [2.05, 4.69) is 15.5 Å². The first-order chi connectivity index (χ1) is 11.1. The first-order valence-electron chi connectivity index (χ1n) is 7.17. The monoisotopic (exact) mass is 348 g/mol. The lowest BCUT2D eigenvalue weighted by atomic mass is 10.2. The number of aromatic nitrogens is 3. The summed E-state index contributed by atoms with van der Waals surface area (Å²) in [6, 6.07) is 10.7. The van der Waals surface area contributed by atoms with Crippen molar-refractivity contribution < 1.29 is 4.79 Å². The fraction of sp³-hybridized carbons (Fsp3) is 0.188. The number of carbonyl (C=O) groups excluding carboxylic acids is 1. The van der Waals surface area contributed by atoms with Gasteiger partial charge < -0.3 is 5.32 Å². The number of nitrogens with one attached hydrogen (secondary N) is 1. The van der Waals surface area contributed by atoms with Crippen LogP contribution in [0.25, 0.3) is 5.65 Å². The molecule has 1 amide bonds. The molecule has 5 nitrogen and oxygen atoms in total. The molecule has 0 spiro atoms. The first-order valence-corrected chi connectivity index (χ1v) is 7.92. The van der Waals surface area contributed by atoms with Crippen molar-refractivity contribution in [3.63, 3.8) is 0 Å². The summed E-state index contributed by atoms with van der Waals surface area (Å²) in [4.78, 5) is 12.0. The number of amides is 1. The Labute approximate surface area is 143 Å². The summed E-state index contributed by atoms with van der Waals surface area (Å²) in [6.07, 6.45) is 3.64. The maximum Gasteiger partial charge on any atom is 0.224 e. The molecule has 3 aromatic rings. The molecule has 2 aromatic heterocycles. The van der Waals surface area contributed by atoms with Crippen LogP contribution in [0.2, 0.25) is 10.0 Å². The Morgan fingerprint density at radius 2 is 2.04 bits per heavy atom. The van der Waals surface area contributed by atoms with Crippen LogP contribution in [0.5, 0.6) is 0 Å². The van der Waals surface area contributed by atoms with Crippen LogP contribution < -0.4 is 5.32 Å². The lowest BCUT2D eigenvalue weighted by molar-refractivity contribution is -0.116. The third kappa shape index (κ3) is 3.81. The third-order valence-corrected chi connectivity index (χ3v) is 3.94. The predicted octanol–water partition coefficient (Wildman–Crippen LogP) is 4.00. The van der Waals surface area contributed by atoms with Gasteiger partial charge in [-0.25, -0.2) is 0 Å². The largest absolute Gasteiger partial charge is 0.325 e. The molecule has 0 saturated carbocycles. The second-order valence-corrected chi connectivity index (χ2v) is 5.91. The van der Waals surface area contributed by atoms with Gasteiger partial charge in [0.2, 0.25) is 5.91 Å². The molecule has 1 aromatic carbocycles. The highest BCUT2D eigenvalue weighted by molar-refractivity contribution is 6.36. The molecule has 23 heavy (non-hydrogen) atoms. The van der Waals surface area contributed by atoms with Crippen LogP contribution >= 0.6 is 23.2 Å². The summed E-state index contributed by atoms with van der Waals surface area (Å²) in [6.45, 7) is 0. The Balaban J connectivity index is 1.55. The van der Waals surface area contributed by atoms with Crippen molar-refractivity contribution in [1.82, 2.24) is 14.6 Å². The SMILES string of the molecule is O=C(CCCc1nnc2ccccn12)Nc1ccc(Cl)cc1Cl. The predicted molar refractivity (Wildman–Crippen MR) is 91.0 cm³/mol. The minimum absolute atomic E-state index is 0.0944. The van der Waals surface area contributed by atoms with E-state index in [0.29, 0.717) is 35.0 Å². The summed E-state index contributed by atoms with van der Waals surface area (Å²) >= 11 is 11.9. The van der Waals surface area contributed by atoms with Gasteiger partial charge in [0, 0.05) is 24.1 Å². The van der Waals surface area contributed by atoms with E-state index in [9.17, 15) is 4.79 Å². The quantitative estimate of drug-likeness (QED) is 0.758. The van der Waals surface area contributed by atoms with Crippen molar-refractivity contribution >= 4 is 40.4 Å². The molecule has 0 saturated heterocycles. The number of fused-ring (bicyclic) bond motifs is 1. The first kappa shape index (κ1) is 15.8. The molecule has 0 aliphatic rings. The molecule has 3 rings (SSSR count). The summed E-state index contributed by atoms with van der Waals surface area (Å²) in [5.41, 5.74) is 1.37. The zero-order valence-electron chi connectivity index (χ0n) is 12.2. The summed E-state index contributed by atoms with van der Waals surface area (Å²) in [5, 5.41) is 12.0. The van der Waals surface area contributed by atoms with E-state index < -0.39 is 0 Å². The summed E-state index contributed by atoms with van der Waals surface area (Å²) < 4.78 is 1.92. The van der Waals surface area contributed by atoms with Crippen LogP contribution in [0.3, 0.4) is 0 Å². The Hall–Kier alpha value is -2.11. The minimum Gasteiger partial charge on any atom is -0.325 e. The second-order valence-electron chi connectivity index (χ2n) is 5.07. The lowest BCUT2D eigenvalue weighted by Crippen LogP contribution is -2.12. The van der Waals surface area contributed by atoms with Crippen molar-refractivity contribution in [1.29, 1.82) is 0 Å². The number of aryl methyl sites for hydroxylation is 1. The molecule has 0 aliphatic heterocycles. The Bertz CT molecular complexity index is 847. The van der Waals surface area contributed by atoms with Crippen LogP contribution in [0.15, 0.2) is 42.6 Å². The van der Waals surface area contributed by atoms with Crippen molar-refractivity contribution in [3.05, 3.63) is 58.5 Å². The number of hydrogen-bond donors (Lipinski definition) is 1. The molecule has 0 atom stereocenters. The number of carbonyl (C=O) groups is 1. The van der Waals surface area contributed by atoms with E-state index >= 15 is 0 Å². The number of rotatable bonds is 5. The number of nitrogens with zero attached hydrogens (tertiary/aromatic N) is 3. The van der Waals surface area contributed by atoms with Crippen molar-refractivity contribution in [2.45, 2.75) is 19.3 Å². The van der Waals surface area contributed by atoms with Crippen LogP contribution in [0, 0.1) is 0 Å². The van der Waals surface area contributed by atoms with Gasteiger partial charge in [-0.1, -0.05) is 29.3 Å². The zero-order chi connectivity index (χ0) is 16.2. The lowest BCUT2D eigenvalue weighted by Gasteiger charge is -2.07. The summed E-state index contributed by atoms with van der Waals surface area (Å²) in [5.74, 6) is 0.751. The van der Waals surface area contributed by atoms with E-state index in [1.807, 2.05) is 28.8 Å². The van der Waals surface area contributed by atoms with Gasteiger partial charge in [-0.15, -0.1) is 10.2 Å². The van der Waals surface area contributed by atoms with Gasteiger partial charge in [0.25, 0.3) is 0 Å². The summed E-state index contributed by atoms with van der Waals surface area (Å²) in [7, 11) is 0. The Morgan fingerprint density at radius 1 is 1.17 bits per heavy atom. The van der Waals surface area contributed by atoms with Crippen LogP contribution in [-0.2, 0) is 11.2 Å². The van der Waals surface area contributed by atoms with Gasteiger partial charge in [-0.2, -0.15) is 0 Å². The topological polar surface area (TPSA) is 59.3 Å². The van der Waals surface area contributed by atoms with Crippen molar-refractivity contribution in [2.75, 3.05) is 5.32 Å². The molecule has 7 heteroatoms. The molecule has 1 N–H and O–H groups in total. The number of halogens is 2. The Kier molecular flexibility index (Phi) is 4.79. The molecule has 0 unspecified atom stereocenters. The van der Waals surface area contributed by atoms with E-state index in [-0.39, 0.29) is 5.91 Å². The molecule has 0 radical (unpaired) electrons. The molecular formula is C16H14Cl2N4O. The van der Waals surface area contributed by atoms with Crippen molar-refractivity contribution in [2.24, 2.45) is 0 Å². The Morgan fingerprint density at radius 3 is 2.87 bits per heavy atom. The normalized spacial score (nSPS) is 10.9. The fourth-order valence-corrected chi connectivity index (χ4v) is 2.73. The average molecular weight is 349 g/mol. The maximum absolute atomic E-state index is 12.0. The zero-order valence-corrected chi connectivity index (χ0v) is 13.7. The van der Waals surface area contributed by atoms with Gasteiger partial charge in [0.05, 0.1) is 10.7 Å². The highest BCUT2D eigenvalue weighted by atomic mass is 35.5. The van der Waals surface area contributed by atoms with Crippen molar-refractivity contribution in [3.8, 4) is 0 Å².